The van der Waals surface area contributed by atoms with Crippen LogP contribution in [0.4, 0.5) is 5.95 Å². The third kappa shape index (κ3) is 10.2. The number of hydrogen-bond donors (Lipinski definition) is 1. The van der Waals surface area contributed by atoms with Crippen molar-refractivity contribution in [3.8, 4) is 5.75 Å². The molecule has 242 valence electrons. The zero-order valence-corrected chi connectivity index (χ0v) is 27.9. The number of carbonyl (C=O) groups excluding carboxylic acids is 2. The fourth-order valence-corrected chi connectivity index (χ4v) is 5.27. The standard InChI is InChI=1S/C28H40N5O9PS/c1-18(40-17-43(36,41-15-38-24(34)27(2,3)4)42-16-39-25(35)28(5,6)7)13-33-14-30-21-22(33)31-26(29)32-23(21)44-20-11-9-19(37-8)10-12-20/h9-12,14,18H,13,15-17H2,1-8H3,(H2,29,31,32)/t18-/m1/s1. The average Bonchev–Trinajstić information content (AvgIpc) is 3.33. The maximum Gasteiger partial charge on any atom is 0.361 e. The molecule has 0 aliphatic carbocycles. The van der Waals surface area contributed by atoms with E-state index in [1.165, 1.54) is 11.8 Å². The molecule has 44 heavy (non-hydrogen) atoms. The quantitative estimate of drug-likeness (QED) is 0.103. The van der Waals surface area contributed by atoms with Crippen LogP contribution in [0.5, 0.6) is 5.75 Å². The number of benzene rings is 1. The summed E-state index contributed by atoms with van der Waals surface area (Å²) in [7, 11) is -2.45. The Hall–Kier alpha value is -3.23. The van der Waals surface area contributed by atoms with Gasteiger partial charge in [0.25, 0.3) is 0 Å². The second-order valence-corrected chi connectivity index (χ2v) is 14.9. The second kappa shape index (κ2) is 14.7. The molecule has 0 bridgehead atoms. The molecule has 0 saturated carbocycles. The predicted octanol–water partition coefficient (Wildman–Crippen LogP) is 5.25. The number of nitrogens with zero attached hydrogens (tertiary/aromatic N) is 4. The van der Waals surface area contributed by atoms with Crippen molar-refractivity contribution in [3.63, 3.8) is 0 Å². The number of carbonyl (C=O) groups is 2. The van der Waals surface area contributed by atoms with Gasteiger partial charge >= 0.3 is 19.5 Å². The molecule has 2 aromatic heterocycles. The lowest BCUT2D eigenvalue weighted by molar-refractivity contribution is -0.162. The van der Waals surface area contributed by atoms with Crippen molar-refractivity contribution in [2.45, 2.75) is 71.0 Å². The SMILES string of the molecule is COc1ccc(Sc2nc(N)nc3c2ncn3C[C@@H](C)OCP(=O)(OCOC(=O)C(C)(C)C)OCOC(=O)C(C)(C)C)cc1. The topological polar surface area (TPSA) is 176 Å². The van der Waals surface area contributed by atoms with Crippen LogP contribution in [0, 0.1) is 10.8 Å². The van der Waals surface area contributed by atoms with Crippen LogP contribution in [0.1, 0.15) is 48.5 Å². The van der Waals surface area contributed by atoms with E-state index in [4.69, 9.17) is 33.7 Å². The van der Waals surface area contributed by atoms with E-state index in [0.717, 1.165) is 10.6 Å². The van der Waals surface area contributed by atoms with Gasteiger partial charge in [-0.3, -0.25) is 23.2 Å². The van der Waals surface area contributed by atoms with Crippen LogP contribution >= 0.6 is 19.4 Å². The number of rotatable bonds is 14. The third-order valence-corrected chi connectivity index (χ3v) is 8.25. The van der Waals surface area contributed by atoms with E-state index in [-0.39, 0.29) is 12.5 Å². The van der Waals surface area contributed by atoms with Gasteiger partial charge in [0.15, 0.2) is 5.65 Å². The summed E-state index contributed by atoms with van der Waals surface area (Å²) in [5, 5.41) is 0.575. The largest absolute Gasteiger partial charge is 0.497 e. The van der Waals surface area contributed by atoms with Gasteiger partial charge < -0.3 is 29.2 Å². The Balaban J connectivity index is 1.69. The summed E-state index contributed by atoms with van der Waals surface area (Å²) in [6.07, 6.45) is 0.522. The number of fused-ring (bicyclic) bond motifs is 1. The number of esters is 2. The minimum atomic E-state index is -4.05. The maximum atomic E-state index is 13.5. The van der Waals surface area contributed by atoms with Gasteiger partial charge in [-0.1, -0.05) is 11.8 Å². The van der Waals surface area contributed by atoms with Crippen LogP contribution in [-0.2, 0) is 44.0 Å². The number of methoxy groups -OCH3 is 1. The number of aromatic nitrogens is 4. The van der Waals surface area contributed by atoms with Crippen molar-refractivity contribution in [1.82, 2.24) is 19.5 Å². The third-order valence-electron chi connectivity index (χ3n) is 5.80. The summed E-state index contributed by atoms with van der Waals surface area (Å²) in [5.74, 6) is -0.313. The molecule has 3 rings (SSSR count). The van der Waals surface area contributed by atoms with Crippen molar-refractivity contribution in [3.05, 3.63) is 30.6 Å². The Bertz CT molecular complexity index is 1450. The maximum absolute atomic E-state index is 13.5. The van der Waals surface area contributed by atoms with Gasteiger partial charge in [0.05, 0.1) is 36.9 Å². The number of nitrogens with two attached hydrogens (primary N) is 1. The van der Waals surface area contributed by atoms with Gasteiger partial charge in [-0.15, -0.1) is 0 Å². The summed E-state index contributed by atoms with van der Waals surface area (Å²) in [6.45, 7) is 10.7. The van der Waals surface area contributed by atoms with E-state index in [2.05, 4.69) is 15.0 Å². The lowest BCUT2D eigenvalue weighted by Gasteiger charge is -2.23. The number of nitrogen functional groups attached to an aromatic ring is 1. The summed E-state index contributed by atoms with van der Waals surface area (Å²) >= 11 is 1.38. The molecule has 0 aliphatic heterocycles. The van der Waals surface area contributed by atoms with E-state index >= 15 is 0 Å². The van der Waals surface area contributed by atoms with E-state index in [9.17, 15) is 14.2 Å². The summed E-state index contributed by atoms with van der Waals surface area (Å²) < 4.78 is 47.1. The molecular formula is C28H40N5O9PS. The highest BCUT2D eigenvalue weighted by atomic mass is 32.2. The molecule has 16 heteroatoms. The monoisotopic (exact) mass is 653 g/mol. The predicted molar refractivity (Wildman–Crippen MR) is 163 cm³/mol. The fraction of sp³-hybridized carbons (Fsp3) is 0.536. The number of ether oxygens (including phenoxy) is 4. The van der Waals surface area contributed by atoms with Crippen molar-refractivity contribution in [2.75, 3.05) is 32.8 Å². The van der Waals surface area contributed by atoms with Crippen LogP contribution in [0.15, 0.2) is 40.5 Å². The van der Waals surface area contributed by atoms with Gasteiger partial charge in [0.2, 0.25) is 19.5 Å². The Morgan fingerprint density at radius 3 is 2.07 bits per heavy atom. The van der Waals surface area contributed by atoms with Crippen LogP contribution in [0.2, 0.25) is 0 Å². The van der Waals surface area contributed by atoms with Crippen LogP contribution in [-0.4, -0.2) is 64.6 Å². The van der Waals surface area contributed by atoms with Gasteiger partial charge in [0, 0.05) is 4.90 Å². The van der Waals surface area contributed by atoms with Gasteiger partial charge in [-0.05, 0) is 72.7 Å². The summed E-state index contributed by atoms with van der Waals surface area (Å²) in [4.78, 5) is 38.4. The van der Waals surface area contributed by atoms with Gasteiger partial charge in [0.1, 0.15) is 22.6 Å². The van der Waals surface area contributed by atoms with Crippen molar-refractivity contribution in [2.24, 2.45) is 10.8 Å². The molecule has 1 atom stereocenters. The first-order chi connectivity index (χ1) is 20.5. The molecule has 14 nitrogen and oxygen atoms in total. The second-order valence-electron chi connectivity index (χ2n) is 11.8. The minimum absolute atomic E-state index is 0.0738. The summed E-state index contributed by atoms with van der Waals surface area (Å²) in [5.41, 5.74) is 5.46. The molecule has 2 N–H and O–H groups in total. The van der Waals surface area contributed by atoms with Crippen LogP contribution < -0.4 is 10.5 Å². The van der Waals surface area contributed by atoms with Crippen molar-refractivity contribution < 1.29 is 42.1 Å². The summed E-state index contributed by atoms with van der Waals surface area (Å²) in [6, 6.07) is 7.49. The molecule has 2 heterocycles. The zero-order valence-electron chi connectivity index (χ0n) is 26.2. The first kappa shape index (κ1) is 35.3. The molecular weight excluding hydrogens is 613 g/mol. The van der Waals surface area contributed by atoms with E-state index in [0.29, 0.717) is 16.2 Å². The molecule has 0 spiro atoms. The number of anilines is 1. The molecule has 0 amide bonds. The Morgan fingerprint density at radius 1 is 0.977 bits per heavy atom. The smallest absolute Gasteiger partial charge is 0.361 e. The van der Waals surface area contributed by atoms with E-state index in [1.807, 2.05) is 24.3 Å². The van der Waals surface area contributed by atoms with Crippen molar-refractivity contribution in [1.29, 1.82) is 0 Å². The molecule has 0 radical (unpaired) electrons. The van der Waals surface area contributed by atoms with E-state index < -0.39 is 56.4 Å². The molecule has 3 aromatic rings. The highest BCUT2D eigenvalue weighted by Crippen LogP contribution is 2.48. The average molecular weight is 654 g/mol. The fourth-order valence-electron chi connectivity index (χ4n) is 3.31. The lowest BCUT2D eigenvalue weighted by atomic mass is 9.98. The highest BCUT2D eigenvalue weighted by Gasteiger charge is 2.31. The first-order valence-corrected chi connectivity index (χ1v) is 16.2. The molecule has 1 aromatic carbocycles. The molecule has 0 fully saturated rings. The van der Waals surface area contributed by atoms with E-state index in [1.54, 1.807) is 66.5 Å². The highest BCUT2D eigenvalue weighted by molar-refractivity contribution is 7.99. The van der Waals surface area contributed by atoms with Crippen LogP contribution in [0.25, 0.3) is 11.2 Å². The zero-order chi connectivity index (χ0) is 32.7. The van der Waals surface area contributed by atoms with Crippen LogP contribution in [0.3, 0.4) is 0 Å². The van der Waals surface area contributed by atoms with Crippen molar-refractivity contribution >= 4 is 48.4 Å². The number of imidazole rings is 1. The lowest BCUT2D eigenvalue weighted by Crippen LogP contribution is -2.25. The normalized spacial score (nSPS) is 13.1. The Morgan fingerprint density at radius 2 is 1.55 bits per heavy atom. The Kier molecular flexibility index (Phi) is 11.8. The molecule has 0 unspecified atom stereocenters. The first-order valence-electron chi connectivity index (χ1n) is 13.7. The number of hydrogen-bond acceptors (Lipinski definition) is 14. The molecule has 0 aliphatic rings. The van der Waals surface area contributed by atoms with Gasteiger partial charge in [-0.2, -0.15) is 4.98 Å². The molecule has 0 saturated heterocycles. The van der Waals surface area contributed by atoms with Gasteiger partial charge in [-0.25, -0.2) is 9.97 Å². The Labute approximate surface area is 260 Å². The minimum Gasteiger partial charge on any atom is -0.497 e.